The average molecular weight is 230 g/mol. The summed E-state index contributed by atoms with van der Waals surface area (Å²) in [6.45, 7) is 2.72. The molecule has 88 valence electrons. The molecule has 1 aromatic heterocycles. The van der Waals surface area contributed by atoms with Gasteiger partial charge in [0.25, 0.3) is 0 Å². The first-order valence-corrected chi connectivity index (χ1v) is 5.36. The largest absolute Gasteiger partial charge is 0.465 e. The standard InChI is InChI=1S/C13H14N2O2/c1-10-7-8-14-15(10)9-11-3-5-12(6-4-11)13(16)17-2/h3-8H,9H2,1-2H3. The van der Waals surface area contributed by atoms with Crippen LogP contribution in [0.4, 0.5) is 0 Å². The van der Waals surface area contributed by atoms with Crippen LogP contribution in [-0.2, 0) is 11.3 Å². The lowest BCUT2D eigenvalue weighted by atomic mass is 10.1. The zero-order valence-corrected chi connectivity index (χ0v) is 9.88. The summed E-state index contributed by atoms with van der Waals surface area (Å²) in [4.78, 5) is 11.3. The molecule has 0 N–H and O–H groups in total. The summed E-state index contributed by atoms with van der Waals surface area (Å²) in [5.41, 5.74) is 2.78. The van der Waals surface area contributed by atoms with E-state index in [9.17, 15) is 4.79 Å². The highest BCUT2D eigenvalue weighted by Crippen LogP contribution is 2.08. The van der Waals surface area contributed by atoms with Gasteiger partial charge in [-0.3, -0.25) is 4.68 Å². The van der Waals surface area contributed by atoms with Crippen molar-refractivity contribution in [2.75, 3.05) is 7.11 Å². The summed E-state index contributed by atoms with van der Waals surface area (Å²) in [5.74, 6) is -0.313. The molecule has 0 aliphatic carbocycles. The molecular formula is C13H14N2O2. The number of hydrogen-bond donors (Lipinski definition) is 0. The number of benzene rings is 1. The number of esters is 1. The van der Waals surface area contributed by atoms with E-state index in [0.717, 1.165) is 11.3 Å². The smallest absolute Gasteiger partial charge is 0.337 e. The molecule has 0 fully saturated rings. The normalized spacial score (nSPS) is 10.2. The van der Waals surface area contributed by atoms with Gasteiger partial charge in [-0.15, -0.1) is 0 Å². The molecule has 0 spiro atoms. The van der Waals surface area contributed by atoms with E-state index in [1.807, 2.05) is 29.8 Å². The van der Waals surface area contributed by atoms with Crippen LogP contribution in [0.3, 0.4) is 0 Å². The van der Waals surface area contributed by atoms with Crippen LogP contribution in [0, 0.1) is 6.92 Å². The number of carbonyl (C=O) groups is 1. The molecule has 2 rings (SSSR count). The number of carbonyl (C=O) groups excluding carboxylic acids is 1. The zero-order valence-electron chi connectivity index (χ0n) is 9.88. The molecule has 1 heterocycles. The van der Waals surface area contributed by atoms with E-state index in [2.05, 4.69) is 9.84 Å². The van der Waals surface area contributed by atoms with Crippen molar-refractivity contribution in [3.8, 4) is 0 Å². The van der Waals surface area contributed by atoms with Gasteiger partial charge in [-0.1, -0.05) is 12.1 Å². The van der Waals surface area contributed by atoms with E-state index < -0.39 is 0 Å². The van der Waals surface area contributed by atoms with Gasteiger partial charge in [0.2, 0.25) is 0 Å². The lowest BCUT2D eigenvalue weighted by molar-refractivity contribution is 0.0600. The third kappa shape index (κ3) is 2.53. The number of aromatic nitrogens is 2. The maximum absolute atomic E-state index is 11.3. The molecule has 0 radical (unpaired) electrons. The second kappa shape index (κ2) is 4.82. The summed E-state index contributed by atoms with van der Waals surface area (Å²) < 4.78 is 6.55. The lowest BCUT2D eigenvalue weighted by Gasteiger charge is -2.05. The molecule has 0 saturated heterocycles. The summed E-state index contributed by atoms with van der Waals surface area (Å²) >= 11 is 0. The predicted octanol–water partition coefficient (Wildman–Crippen LogP) is 2.03. The van der Waals surface area contributed by atoms with Crippen molar-refractivity contribution in [2.24, 2.45) is 0 Å². The van der Waals surface area contributed by atoms with Gasteiger partial charge in [-0.25, -0.2) is 4.79 Å². The topological polar surface area (TPSA) is 44.1 Å². The Bertz CT molecular complexity index is 514. The Hall–Kier alpha value is -2.10. The van der Waals surface area contributed by atoms with Gasteiger partial charge in [-0.05, 0) is 30.7 Å². The van der Waals surface area contributed by atoms with Crippen molar-refractivity contribution in [3.63, 3.8) is 0 Å². The van der Waals surface area contributed by atoms with E-state index in [4.69, 9.17) is 0 Å². The summed E-state index contributed by atoms with van der Waals surface area (Å²) in [7, 11) is 1.38. The Morgan fingerprint density at radius 2 is 2.00 bits per heavy atom. The minimum Gasteiger partial charge on any atom is -0.465 e. The molecule has 0 amide bonds. The maximum Gasteiger partial charge on any atom is 0.337 e. The highest BCUT2D eigenvalue weighted by Gasteiger charge is 2.05. The van der Waals surface area contributed by atoms with Crippen LogP contribution in [-0.4, -0.2) is 22.9 Å². The van der Waals surface area contributed by atoms with Crippen LogP contribution in [0.2, 0.25) is 0 Å². The Kier molecular flexibility index (Phi) is 3.23. The Balaban J connectivity index is 2.14. The van der Waals surface area contributed by atoms with Gasteiger partial charge in [0.05, 0.1) is 19.2 Å². The molecule has 0 saturated carbocycles. The Labute approximate surface area is 99.8 Å². The second-order valence-corrected chi connectivity index (χ2v) is 3.82. The number of rotatable bonds is 3. The molecule has 2 aromatic rings. The Morgan fingerprint density at radius 3 is 2.53 bits per heavy atom. The third-order valence-electron chi connectivity index (χ3n) is 2.64. The van der Waals surface area contributed by atoms with Crippen molar-refractivity contribution >= 4 is 5.97 Å². The first-order chi connectivity index (χ1) is 8.20. The number of aryl methyl sites for hydroxylation is 1. The number of methoxy groups -OCH3 is 1. The second-order valence-electron chi connectivity index (χ2n) is 3.82. The van der Waals surface area contributed by atoms with E-state index in [-0.39, 0.29) is 5.97 Å². The van der Waals surface area contributed by atoms with Crippen LogP contribution in [0.1, 0.15) is 21.6 Å². The summed E-state index contributed by atoms with van der Waals surface area (Å²) in [6.07, 6.45) is 1.78. The summed E-state index contributed by atoms with van der Waals surface area (Å²) in [6, 6.07) is 9.31. The first kappa shape index (κ1) is 11.4. The first-order valence-electron chi connectivity index (χ1n) is 5.36. The van der Waals surface area contributed by atoms with Crippen molar-refractivity contribution in [1.29, 1.82) is 0 Å². The number of hydrogen-bond acceptors (Lipinski definition) is 3. The van der Waals surface area contributed by atoms with Crippen molar-refractivity contribution < 1.29 is 9.53 Å². The van der Waals surface area contributed by atoms with Crippen LogP contribution in [0.15, 0.2) is 36.5 Å². The van der Waals surface area contributed by atoms with Crippen molar-refractivity contribution in [3.05, 3.63) is 53.3 Å². The van der Waals surface area contributed by atoms with Crippen LogP contribution in [0.25, 0.3) is 0 Å². The minimum absolute atomic E-state index is 0.313. The molecule has 4 heteroatoms. The third-order valence-corrected chi connectivity index (χ3v) is 2.64. The van der Waals surface area contributed by atoms with Crippen molar-refractivity contribution in [2.45, 2.75) is 13.5 Å². The molecule has 0 aliphatic heterocycles. The van der Waals surface area contributed by atoms with Crippen LogP contribution < -0.4 is 0 Å². The number of nitrogens with zero attached hydrogens (tertiary/aromatic N) is 2. The SMILES string of the molecule is COC(=O)c1ccc(Cn2nccc2C)cc1. The molecule has 4 nitrogen and oxygen atoms in total. The quantitative estimate of drug-likeness (QED) is 0.758. The summed E-state index contributed by atoms with van der Waals surface area (Å²) in [5, 5.41) is 4.21. The molecule has 0 unspecified atom stereocenters. The Morgan fingerprint density at radius 1 is 1.29 bits per heavy atom. The monoisotopic (exact) mass is 230 g/mol. The zero-order chi connectivity index (χ0) is 12.3. The molecular weight excluding hydrogens is 216 g/mol. The number of ether oxygens (including phenoxy) is 1. The molecule has 0 bridgehead atoms. The highest BCUT2D eigenvalue weighted by molar-refractivity contribution is 5.89. The van der Waals surface area contributed by atoms with Crippen LogP contribution >= 0.6 is 0 Å². The molecule has 0 aliphatic rings. The fourth-order valence-electron chi connectivity index (χ4n) is 1.60. The van der Waals surface area contributed by atoms with Gasteiger partial charge < -0.3 is 4.74 Å². The highest BCUT2D eigenvalue weighted by atomic mass is 16.5. The van der Waals surface area contributed by atoms with E-state index in [0.29, 0.717) is 12.1 Å². The average Bonchev–Trinajstić information content (AvgIpc) is 2.75. The van der Waals surface area contributed by atoms with Gasteiger partial charge in [0.15, 0.2) is 0 Å². The molecule has 1 aromatic carbocycles. The van der Waals surface area contributed by atoms with E-state index in [1.54, 1.807) is 18.3 Å². The fourth-order valence-corrected chi connectivity index (χ4v) is 1.60. The predicted molar refractivity (Wildman–Crippen MR) is 63.8 cm³/mol. The van der Waals surface area contributed by atoms with Gasteiger partial charge in [0.1, 0.15) is 0 Å². The molecule has 0 atom stereocenters. The van der Waals surface area contributed by atoms with Crippen molar-refractivity contribution in [1.82, 2.24) is 9.78 Å². The van der Waals surface area contributed by atoms with Crippen LogP contribution in [0.5, 0.6) is 0 Å². The van der Waals surface area contributed by atoms with E-state index in [1.165, 1.54) is 7.11 Å². The minimum atomic E-state index is -0.313. The van der Waals surface area contributed by atoms with Gasteiger partial charge in [0, 0.05) is 11.9 Å². The van der Waals surface area contributed by atoms with Gasteiger partial charge >= 0.3 is 5.97 Å². The lowest BCUT2D eigenvalue weighted by Crippen LogP contribution is -2.05. The fraction of sp³-hybridized carbons (Fsp3) is 0.231. The maximum atomic E-state index is 11.3. The van der Waals surface area contributed by atoms with Gasteiger partial charge in [-0.2, -0.15) is 5.10 Å². The molecule has 17 heavy (non-hydrogen) atoms. The van der Waals surface area contributed by atoms with E-state index >= 15 is 0 Å².